The van der Waals surface area contributed by atoms with Crippen molar-refractivity contribution in [2.45, 2.75) is 0 Å². The third-order valence-electron chi connectivity index (χ3n) is 2.43. The van der Waals surface area contributed by atoms with E-state index >= 15 is 0 Å². The zero-order chi connectivity index (χ0) is 11.8. The smallest absolute Gasteiger partial charge is 0.408 e. The summed E-state index contributed by atoms with van der Waals surface area (Å²) in [5.74, 6) is -0.268. The van der Waals surface area contributed by atoms with Crippen molar-refractivity contribution in [3.05, 3.63) is 48.4 Å². The largest absolute Gasteiger partial charge is 0.411 e. The highest BCUT2D eigenvalue weighted by Gasteiger charge is 2.21. The summed E-state index contributed by atoms with van der Waals surface area (Å²) in [4.78, 5) is 4.05. The molecule has 0 radical (unpaired) electrons. The standard InChI is InChI=1S/C12H8FN2O2/c13-9-5-2-1-4-8(9)12-14-11-10(17-12)6-3-7-15(11)16/h1-7,16H/q+1. The van der Waals surface area contributed by atoms with Crippen molar-refractivity contribution >= 4 is 11.2 Å². The molecule has 0 amide bonds. The number of hydrogen-bond acceptors (Lipinski definition) is 3. The lowest BCUT2D eigenvalue weighted by atomic mass is 10.2. The van der Waals surface area contributed by atoms with Gasteiger partial charge in [-0.3, -0.25) is 0 Å². The topological polar surface area (TPSA) is 50.1 Å². The molecule has 0 aliphatic heterocycles. The summed E-state index contributed by atoms with van der Waals surface area (Å²) in [6, 6.07) is 9.45. The quantitative estimate of drug-likeness (QED) is 0.515. The van der Waals surface area contributed by atoms with Gasteiger partial charge in [-0.05, 0) is 29.0 Å². The van der Waals surface area contributed by atoms with Crippen molar-refractivity contribution in [2.24, 2.45) is 0 Å². The third kappa shape index (κ3) is 1.52. The van der Waals surface area contributed by atoms with Gasteiger partial charge < -0.3 is 9.62 Å². The fourth-order valence-corrected chi connectivity index (χ4v) is 1.63. The molecule has 2 aromatic heterocycles. The number of benzene rings is 1. The molecule has 3 aromatic rings. The van der Waals surface area contributed by atoms with Gasteiger partial charge in [0.2, 0.25) is 5.58 Å². The number of hydrogen-bond donors (Lipinski definition) is 1. The molecule has 4 nitrogen and oxygen atoms in total. The molecule has 17 heavy (non-hydrogen) atoms. The van der Waals surface area contributed by atoms with Crippen molar-refractivity contribution in [3.63, 3.8) is 0 Å². The highest BCUT2D eigenvalue weighted by Crippen LogP contribution is 2.24. The van der Waals surface area contributed by atoms with Gasteiger partial charge in [0.15, 0.2) is 0 Å². The van der Waals surface area contributed by atoms with E-state index in [1.165, 1.54) is 12.3 Å². The summed E-state index contributed by atoms with van der Waals surface area (Å²) >= 11 is 0. The maximum Gasteiger partial charge on any atom is 0.408 e. The van der Waals surface area contributed by atoms with Crippen molar-refractivity contribution in [1.82, 2.24) is 4.98 Å². The van der Waals surface area contributed by atoms with E-state index in [4.69, 9.17) is 4.42 Å². The monoisotopic (exact) mass is 231 g/mol. The predicted molar refractivity (Wildman–Crippen MR) is 56.8 cm³/mol. The zero-order valence-electron chi connectivity index (χ0n) is 8.67. The van der Waals surface area contributed by atoms with Crippen LogP contribution in [0.3, 0.4) is 0 Å². The number of rotatable bonds is 1. The number of fused-ring (bicyclic) bond motifs is 1. The molecular formula is C12H8FN2O2+. The molecule has 0 spiro atoms. The van der Waals surface area contributed by atoms with Gasteiger partial charge in [-0.2, -0.15) is 0 Å². The number of pyridine rings is 1. The van der Waals surface area contributed by atoms with E-state index in [0.29, 0.717) is 5.58 Å². The fourth-order valence-electron chi connectivity index (χ4n) is 1.63. The van der Waals surface area contributed by atoms with Crippen LogP contribution in [-0.4, -0.2) is 10.2 Å². The lowest BCUT2D eigenvalue weighted by Crippen LogP contribution is -2.29. The molecule has 0 saturated carbocycles. The van der Waals surface area contributed by atoms with Crippen LogP contribution in [0, 0.1) is 5.82 Å². The SMILES string of the molecule is O[n+]1cccc2oc(-c3ccccc3F)nc21. The molecule has 2 heterocycles. The second-order valence-corrected chi connectivity index (χ2v) is 3.54. The molecule has 5 heteroatoms. The van der Waals surface area contributed by atoms with Gasteiger partial charge in [-0.1, -0.05) is 12.1 Å². The van der Waals surface area contributed by atoms with Gasteiger partial charge >= 0.3 is 11.5 Å². The van der Waals surface area contributed by atoms with Gasteiger partial charge in [-0.15, -0.1) is 0 Å². The molecular weight excluding hydrogens is 223 g/mol. The maximum absolute atomic E-state index is 13.5. The van der Waals surface area contributed by atoms with Crippen molar-refractivity contribution in [2.75, 3.05) is 0 Å². The number of halogens is 1. The lowest BCUT2D eigenvalue weighted by molar-refractivity contribution is -0.886. The summed E-state index contributed by atoms with van der Waals surface area (Å²) in [5.41, 5.74) is 0.919. The minimum Gasteiger partial charge on any atom is -0.411 e. The molecule has 0 saturated heterocycles. The van der Waals surface area contributed by atoms with Crippen LogP contribution in [0.5, 0.6) is 0 Å². The van der Waals surface area contributed by atoms with Gasteiger partial charge in [0.05, 0.1) is 0 Å². The van der Waals surface area contributed by atoms with E-state index in [9.17, 15) is 9.60 Å². The van der Waals surface area contributed by atoms with Crippen LogP contribution in [0.4, 0.5) is 4.39 Å². The second kappa shape index (κ2) is 3.55. The van der Waals surface area contributed by atoms with E-state index in [-0.39, 0.29) is 17.1 Å². The lowest BCUT2D eigenvalue weighted by Gasteiger charge is -1.91. The van der Waals surface area contributed by atoms with Gasteiger partial charge in [0.1, 0.15) is 17.6 Å². The van der Waals surface area contributed by atoms with Crippen LogP contribution in [0.25, 0.3) is 22.7 Å². The zero-order valence-corrected chi connectivity index (χ0v) is 8.67. The Balaban J connectivity index is 2.26. The normalized spacial score (nSPS) is 10.9. The van der Waals surface area contributed by atoms with Crippen LogP contribution < -0.4 is 4.73 Å². The van der Waals surface area contributed by atoms with E-state index in [2.05, 4.69) is 4.98 Å². The summed E-state index contributed by atoms with van der Waals surface area (Å²) in [6.45, 7) is 0. The van der Waals surface area contributed by atoms with Crippen molar-refractivity contribution in [3.8, 4) is 11.5 Å². The third-order valence-corrected chi connectivity index (χ3v) is 2.43. The first-order chi connectivity index (χ1) is 8.25. The summed E-state index contributed by atoms with van der Waals surface area (Å²) in [5, 5.41) is 9.50. The Morgan fingerprint density at radius 1 is 1.18 bits per heavy atom. The number of nitrogens with zero attached hydrogens (tertiary/aromatic N) is 2. The Kier molecular flexibility index (Phi) is 2.04. The molecule has 3 rings (SSSR count). The van der Waals surface area contributed by atoms with E-state index in [1.54, 1.807) is 30.3 Å². The first-order valence-corrected chi connectivity index (χ1v) is 5.01. The molecule has 0 aliphatic rings. The Morgan fingerprint density at radius 3 is 2.76 bits per heavy atom. The summed E-state index contributed by atoms with van der Waals surface area (Å²) in [7, 11) is 0. The molecule has 0 bridgehead atoms. The number of aromatic nitrogens is 2. The van der Waals surface area contributed by atoms with Crippen LogP contribution in [-0.2, 0) is 0 Å². The Labute approximate surface area is 95.5 Å². The van der Waals surface area contributed by atoms with Crippen LogP contribution >= 0.6 is 0 Å². The molecule has 0 unspecified atom stereocenters. The Morgan fingerprint density at radius 2 is 2.00 bits per heavy atom. The van der Waals surface area contributed by atoms with Gasteiger partial charge in [0.25, 0.3) is 0 Å². The molecule has 1 N–H and O–H groups in total. The van der Waals surface area contributed by atoms with E-state index < -0.39 is 5.82 Å². The molecule has 0 aliphatic carbocycles. The van der Waals surface area contributed by atoms with E-state index in [1.807, 2.05) is 0 Å². The fraction of sp³-hybridized carbons (Fsp3) is 0. The molecule has 0 atom stereocenters. The van der Waals surface area contributed by atoms with E-state index in [0.717, 1.165) is 4.73 Å². The summed E-state index contributed by atoms with van der Waals surface area (Å²) in [6.07, 6.45) is 1.43. The van der Waals surface area contributed by atoms with Crippen molar-refractivity contribution < 1.29 is 18.7 Å². The molecule has 1 aromatic carbocycles. The highest BCUT2D eigenvalue weighted by atomic mass is 19.1. The van der Waals surface area contributed by atoms with Crippen LogP contribution in [0.1, 0.15) is 0 Å². The predicted octanol–water partition coefficient (Wildman–Crippen LogP) is 2.16. The first-order valence-electron chi connectivity index (χ1n) is 5.01. The Bertz CT molecular complexity index is 694. The van der Waals surface area contributed by atoms with Crippen LogP contribution in [0.15, 0.2) is 47.0 Å². The second-order valence-electron chi connectivity index (χ2n) is 3.54. The van der Waals surface area contributed by atoms with Gasteiger partial charge in [-0.25, -0.2) is 4.39 Å². The van der Waals surface area contributed by atoms with Crippen molar-refractivity contribution in [1.29, 1.82) is 0 Å². The average molecular weight is 231 g/mol. The number of oxazole rings is 1. The maximum atomic E-state index is 13.5. The van der Waals surface area contributed by atoms with Crippen LogP contribution in [0.2, 0.25) is 0 Å². The first kappa shape index (κ1) is 9.77. The minimum absolute atomic E-state index is 0.145. The molecule has 84 valence electrons. The highest BCUT2D eigenvalue weighted by molar-refractivity contribution is 5.69. The summed E-state index contributed by atoms with van der Waals surface area (Å²) < 4.78 is 19.8. The minimum atomic E-state index is -0.413. The average Bonchev–Trinajstić information content (AvgIpc) is 2.75. The Hall–Kier alpha value is -2.43. The van der Waals surface area contributed by atoms with Gasteiger partial charge in [0, 0.05) is 4.98 Å². The molecule has 0 fully saturated rings.